The van der Waals surface area contributed by atoms with Crippen molar-refractivity contribution >= 4 is 23.1 Å². The Kier molecular flexibility index (Phi) is 4.30. The minimum atomic E-state index is -0.496. The van der Waals surface area contributed by atoms with Crippen LogP contribution < -0.4 is 4.90 Å². The molecular formula is C24H23N3OS. The molecule has 2 aliphatic heterocycles. The molecule has 2 atom stereocenters. The molecule has 2 heterocycles. The maximum atomic E-state index is 6.25. The number of likely N-dealkylation sites (N-methyl/N-ethyl adjacent to an activating group) is 1. The summed E-state index contributed by atoms with van der Waals surface area (Å²) >= 11 is 5.59. The summed E-state index contributed by atoms with van der Waals surface area (Å²) < 4.78 is 0. The number of rotatable bonds is 3. The number of hydroxylamine groups is 2. The second kappa shape index (κ2) is 6.87. The third-order valence-electron chi connectivity index (χ3n) is 5.98. The van der Waals surface area contributed by atoms with Gasteiger partial charge in [0.1, 0.15) is 6.17 Å². The zero-order valence-electron chi connectivity index (χ0n) is 16.5. The molecule has 0 saturated carbocycles. The number of nitrogens with zero attached hydrogens (tertiary/aromatic N) is 3. The molecular weight excluding hydrogens is 378 g/mol. The second-order valence-electron chi connectivity index (χ2n) is 7.67. The highest BCUT2D eigenvalue weighted by molar-refractivity contribution is 7.80. The second-order valence-corrected chi connectivity index (χ2v) is 8.02. The van der Waals surface area contributed by atoms with E-state index in [4.69, 9.17) is 17.1 Å². The molecule has 0 aromatic heterocycles. The van der Waals surface area contributed by atoms with Gasteiger partial charge in [0.2, 0.25) is 0 Å². The molecule has 4 nitrogen and oxygen atoms in total. The largest absolute Gasteiger partial charge is 0.370 e. The van der Waals surface area contributed by atoms with Crippen molar-refractivity contribution in [1.82, 2.24) is 9.96 Å². The first kappa shape index (κ1) is 18.2. The van der Waals surface area contributed by atoms with Crippen LogP contribution >= 0.6 is 12.2 Å². The van der Waals surface area contributed by atoms with Crippen molar-refractivity contribution in [3.8, 4) is 0 Å². The van der Waals surface area contributed by atoms with Gasteiger partial charge in [-0.05, 0) is 42.4 Å². The lowest BCUT2D eigenvalue weighted by molar-refractivity contribution is -0.142. The molecule has 0 amide bonds. The number of aryl methyl sites for hydroxylation is 1. The fourth-order valence-electron chi connectivity index (χ4n) is 4.42. The van der Waals surface area contributed by atoms with E-state index >= 15 is 0 Å². The third kappa shape index (κ3) is 2.73. The van der Waals surface area contributed by atoms with Gasteiger partial charge in [0.25, 0.3) is 5.17 Å². The molecule has 2 fully saturated rings. The predicted octanol–water partition coefficient (Wildman–Crippen LogP) is 4.83. The molecule has 0 radical (unpaired) electrons. The van der Waals surface area contributed by atoms with E-state index in [1.165, 1.54) is 11.1 Å². The first-order valence-corrected chi connectivity index (χ1v) is 10.2. The van der Waals surface area contributed by atoms with Gasteiger partial charge in [-0.2, -0.15) is 0 Å². The molecule has 146 valence electrons. The highest BCUT2D eigenvalue weighted by Gasteiger charge is 2.62. The van der Waals surface area contributed by atoms with E-state index in [0.29, 0.717) is 5.17 Å². The summed E-state index contributed by atoms with van der Waals surface area (Å²) in [5.41, 5.74) is 4.25. The Labute approximate surface area is 176 Å². The lowest BCUT2D eigenvalue weighted by Gasteiger charge is -2.34. The molecule has 3 aromatic carbocycles. The molecule has 2 saturated heterocycles. The van der Waals surface area contributed by atoms with Gasteiger partial charge in [0.15, 0.2) is 5.66 Å². The first-order chi connectivity index (χ1) is 14.1. The Morgan fingerprint density at radius 2 is 1.52 bits per heavy atom. The lowest BCUT2D eigenvalue weighted by atomic mass is 9.98. The average molecular weight is 402 g/mol. The summed E-state index contributed by atoms with van der Waals surface area (Å²) in [6.45, 7) is 2.84. The summed E-state index contributed by atoms with van der Waals surface area (Å²) in [6.07, 6.45) is -0.0954. The van der Waals surface area contributed by atoms with Crippen molar-refractivity contribution in [2.45, 2.75) is 18.8 Å². The molecule has 5 rings (SSSR count). The van der Waals surface area contributed by atoms with Crippen LogP contribution in [0.5, 0.6) is 0 Å². The number of anilines is 1. The maximum Gasteiger partial charge on any atom is 0.283 e. The predicted molar refractivity (Wildman–Crippen MR) is 119 cm³/mol. The molecule has 2 aliphatic rings. The standard InChI is InChI=1S/C24H23N3OS/c1-18-13-15-21(16-14-18)26-17-24(20-11-7-4-8-12-20)25(2)23(29)28-27(24)22(26)19-9-5-3-6-10-19/h3-16,22H,17H2,1-2H3/t22-,24-/m0/s1. The molecule has 0 aliphatic carbocycles. The summed E-state index contributed by atoms with van der Waals surface area (Å²) in [6, 6.07) is 29.7. The molecule has 29 heavy (non-hydrogen) atoms. The minimum absolute atomic E-state index is 0.0954. The first-order valence-electron chi connectivity index (χ1n) is 9.80. The van der Waals surface area contributed by atoms with Crippen LogP contribution in [0.4, 0.5) is 5.69 Å². The van der Waals surface area contributed by atoms with Crippen LogP contribution in [0.3, 0.4) is 0 Å². The number of thiocarbonyl (C=S) groups is 1. The Bertz CT molecular complexity index is 1030. The Balaban J connectivity index is 1.70. The number of benzene rings is 3. The highest BCUT2D eigenvalue weighted by Crippen LogP contribution is 2.52. The van der Waals surface area contributed by atoms with Crippen LogP contribution in [-0.2, 0) is 10.5 Å². The monoisotopic (exact) mass is 401 g/mol. The Morgan fingerprint density at radius 1 is 0.897 bits per heavy atom. The number of hydrogen-bond donors (Lipinski definition) is 0. The molecule has 0 unspecified atom stereocenters. The summed E-state index contributed by atoms with van der Waals surface area (Å²) in [4.78, 5) is 10.7. The highest BCUT2D eigenvalue weighted by atomic mass is 32.1. The zero-order valence-corrected chi connectivity index (χ0v) is 17.3. The smallest absolute Gasteiger partial charge is 0.283 e. The summed E-state index contributed by atoms with van der Waals surface area (Å²) in [5, 5.41) is 2.57. The molecule has 5 heteroatoms. The van der Waals surface area contributed by atoms with Crippen molar-refractivity contribution < 1.29 is 4.84 Å². The topological polar surface area (TPSA) is 19.0 Å². The van der Waals surface area contributed by atoms with E-state index in [1.807, 2.05) is 19.2 Å². The molecule has 0 spiro atoms. The van der Waals surface area contributed by atoms with Crippen LogP contribution in [0.25, 0.3) is 0 Å². The maximum absolute atomic E-state index is 6.25. The van der Waals surface area contributed by atoms with E-state index in [-0.39, 0.29) is 6.17 Å². The van der Waals surface area contributed by atoms with E-state index in [2.05, 4.69) is 94.6 Å². The van der Waals surface area contributed by atoms with Crippen molar-refractivity contribution in [2.24, 2.45) is 0 Å². The van der Waals surface area contributed by atoms with E-state index in [0.717, 1.165) is 17.8 Å². The number of hydrogen-bond acceptors (Lipinski definition) is 4. The van der Waals surface area contributed by atoms with Crippen molar-refractivity contribution in [1.29, 1.82) is 0 Å². The molecule has 3 aromatic rings. The van der Waals surface area contributed by atoms with Crippen LogP contribution in [-0.4, -0.2) is 28.7 Å². The van der Waals surface area contributed by atoms with Gasteiger partial charge in [-0.3, -0.25) is 0 Å². The van der Waals surface area contributed by atoms with Gasteiger partial charge in [-0.15, -0.1) is 0 Å². The number of fused-ring (bicyclic) bond motifs is 1. The minimum Gasteiger partial charge on any atom is -0.370 e. The Morgan fingerprint density at radius 3 is 2.17 bits per heavy atom. The normalized spacial score (nSPS) is 23.9. The van der Waals surface area contributed by atoms with Gasteiger partial charge in [-0.1, -0.05) is 83.4 Å². The van der Waals surface area contributed by atoms with Crippen molar-refractivity contribution in [3.05, 3.63) is 102 Å². The summed E-state index contributed by atoms with van der Waals surface area (Å²) in [5.74, 6) is 0. The van der Waals surface area contributed by atoms with Crippen molar-refractivity contribution in [2.75, 3.05) is 18.5 Å². The van der Waals surface area contributed by atoms with Gasteiger partial charge >= 0.3 is 0 Å². The average Bonchev–Trinajstić information content (AvgIpc) is 3.22. The van der Waals surface area contributed by atoms with Gasteiger partial charge in [0, 0.05) is 12.7 Å². The SMILES string of the molecule is Cc1ccc(N2C[C@]3(c4ccccc4)N(C)C(=S)ON3[C@H]2c2ccccc2)cc1. The van der Waals surface area contributed by atoms with Crippen LogP contribution in [0.15, 0.2) is 84.9 Å². The van der Waals surface area contributed by atoms with E-state index < -0.39 is 5.66 Å². The van der Waals surface area contributed by atoms with Crippen LogP contribution in [0.1, 0.15) is 22.9 Å². The fraction of sp³-hybridized carbons (Fsp3) is 0.208. The van der Waals surface area contributed by atoms with E-state index in [9.17, 15) is 0 Å². The fourth-order valence-corrected chi connectivity index (χ4v) is 4.66. The van der Waals surface area contributed by atoms with Crippen LogP contribution in [0.2, 0.25) is 0 Å². The quantitative estimate of drug-likeness (QED) is 0.584. The molecule has 0 bridgehead atoms. The van der Waals surface area contributed by atoms with Gasteiger partial charge in [0.05, 0.1) is 6.54 Å². The Hall–Kier alpha value is -2.89. The third-order valence-corrected chi connectivity index (χ3v) is 6.33. The zero-order chi connectivity index (χ0) is 20.0. The van der Waals surface area contributed by atoms with Crippen LogP contribution in [0, 0.1) is 6.92 Å². The van der Waals surface area contributed by atoms with Gasteiger partial charge < -0.3 is 14.6 Å². The van der Waals surface area contributed by atoms with Crippen molar-refractivity contribution in [3.63, 3.8) is 0 Å². The molecule has 0 N–H and O–H groups in total. The van der Waals surface area contributed by atoms with Gasteiger partial charge in [-0.25, -0.2) is 0 Å². The van der Waals surface area contributed by atoms with E-state index in [1.54, 1.807) is 0 Å². The lowest BCUT2D eigenvalue weighted by Crippen LogP contribution is -2.48. The summed E-state index contributed by atoms with van der Waals surface area (Å²) in [7, 11) is 2.02.